The van der Waals surface area contributed by atoms with E-state index in [0.717, 1.165) is 16.9 Å². The topological polar surface area (TPSA) is 68.2 Å². The van der Waals surface area contributed by atoms with E-state index in [-0.39, 0.29) is 24.5 Å². The molecule has 0 radical (unpaired) electrons. The molecule has 4 atom stereocenters. The molecular formula is C25H31NO5. The summed E-state index contributed by atoms with van der Waals surface area (Å²) in [6.07, 6.45) is 0.476. The van der Waals surface area contributed by atoms with Gasteiger partial charge >= 0.3 is 0 Å². The number of carbonyl (C=O) groups is 1. The Balaban J connectivity index is 1.35. The van der Waals surface area contributed by atoms with Crippen molar-refractivity contribution in [3.63, 3.8) is 0 Å². The van der Waals surface area contributed by atoms with Gasteiger partial charge in [0, 0.05) is 13.1 Å². The molecule has 1 aliphatic heterocycles. The summed E-state index contributed by atoms with van der Waals surface area (Å²) >= 11 is 0. The molecule has 31 heavy (non-hydrogen) atoms. The number of hydrogen-bond donors (Lipinski definition) is 1. The Labute approximate surface area is 183 Å². The molecule has 4 rings (SSSR count). The first-order chi connectivity index (χ1) is 15.0. The fourth-order valence-electron chi connectivity index (χ4n) is 4.71. The molecule has 6 heteroatoms. The number of hydrogen-bond acceptors (Lipinski definition) is 5. The standard InChI is InChI=1S/C25H31NO5/c1-16-7-6-10-21(17(16)2)30-15-25(28)26-13-18-11-20(27)24(12-19(18)14-26)31-23-9-5-4-8-22(23)29-3/h4-10,18-20,24,27H,11-15H2,1-3H3/t18-,19+,20+,24+/m0/s1. The average molecular weight is 426 g/mol. The molecule has 1 amide bonds. The van der Waals surface area contributed by atoms with Gasteiger partial charge in [0.25, 0.3) is 5.91 Å². The van der Waals surface area contributed by atoms with Gasteiger partial charge in [-0.15, -0.1) is 0 Å². The van der Waals surface area contributed by atoms with Crippen molar-refractivity contribution in [3.05, 3.63) is 53.6 Å². The maximum absolute atomic E-state index is 12.8. The molecule has 0 aromatic heterocycles. The normalized spacial score (nSPS) is 25.1. The second kappa shape index (κ2) is 9.18. The summed E-state index contributed by atoms with van der Waals surface area (Å²) in [5.74, 6) is 2.64. The minimum absolute atomic E-state index is 0.00741. The monoisotopic (exact) mass is 425 g/mol. The van der Waals surface area contributed by atoms with Gasteiger partial charge in [-0.05, 0) is 67.9 Å². The van der Waals surface area contributed by atoms with E-state index < -0.39 is 6.10 Å². The van der Waals surface area contributed by atoms with Crippen molar-refractivity contribution in [1.29, 1.82) is 0 Å². The van der Waals surface area contributed by atoms with Crippen molar-refractivity contribution in [1.82, 2.24) is 4.90 Å². The number of aliphatic hydroxyl groups is 1. The van der Waals surface area contributed by atoms with E-state index in [1.165, 1.54) is 0 Å². The van der Waals surface area contributed by atoms with Gasteiger partial charge in [0.05, 0.1) is 13.2 Å². The van der Waals surface area contributed by atoms with Crippen LogP contribution in [-0.4, -0.2) is 54.9 Å². The van der Waals surface area contributed by atoms with Crippen LogP contribution < -0.4 is 14.2 Å². The molecule has 1 heterocycles. The Morgan fingerprint density at radius 3 is 2.42 bits per heavy atom. The lowest BCUT2D eigenvalue weighted by Gasteiger charge is -2.35. The third-order valence-electron chi connectivity index (χ3n) is 6.69. The van der Waals surface area contributed by atoms with Gasteiger partial charge in [-0.1, -0.05) is 24.3 Å². The first kappa shape index (κ1) is 21.5. The van der Waals surface area contributed by atoms with Crippen molar-refractivity contribution in [3.8, 4) is 17.2 Å². The van der Waals surface area contributed by atoms with E-state index in [0.29, 0.717) is 43.3 Å². The Bertz CT molecular complexity index is 930. The molecule has 0 bridgehead atoms. The summed E-state index contributed by atoms with van der Waals surface area (Å²) in [7, 11) is 1.61. The lowest BCUT2D eigenvalue weighted by atomic mass is 9.78. The second-order valence-electron chi connectivity index (χ2n) is 8.65. The first-order valence-corrected chi connectivity index (χ1v) is 10.9. The summed E-state index contributed by atoms with van der Waals surface area (Å²) in [5, 5.41) is 10.7. The number of rotatable bonds is 6. The molecule has 0 unspecified atom stereocenters. The number of aliphatic hydroxyl groups excluding tert-OH is 1. The van der Waals surface area contributed by atoms with E-state index in [9.17, 15) is 9.90 Å². The molecule has 1 saturated carbocycles. The highest BCUT2D eigenvalue weighted by molar-refractivity contribution is 5.78. The van der Waals surface area contributed by atoms with Crippen molar-refractivity contribution >= 4 is 5.91 Å². The minimum atomic E-state index is -0.563. The largest absolute Gasteiger partial charge is 0.493 e. The lowest BCUT2D eigenvalue weighted by molar-refractivity contribution is -0.132. The van der Waals surface area contributed by atoms with Crippen LogP contribution in [0.5, 0.6) is 17.2 Å². The van der Waals surface area contributed by atoms with Crippen LogP contribution in [0.3, 0.4) is 0 Å². The average Bonchev–Trinajstić information content (AvgIpc) is 3.18. The molecule has 2 aliphatic rings. The number of amides is 1. The third-order valence-corrected chi connectivity index (χ3v) is 6.69. The van der Waals surface area contributed by atoms with Crippen LogP contribution in [0.4, 0.5) is 0 Å². The van der Waals surface area contributed by atoms with Crippen molar-refractivity contribution in [2.24, 2.45) is 11.8 Å². The van der Waals surface area contributed by atoms with E-state index >= 15 is 0 Å². The lowest BCUT2D eigenvalue weighted by Crippen LogP contribution is -2.42. The zero-order valence-corrected chi connectivity index (χ0v) is 18.4. The number of nitrogens with zero attached hydrogens (tertiary/aromatic N) is 1. The maximum atomic E-state index is 12.8. The molecular weight excluding hydrogens is 394 g/mol. The van der Waals surface area contributed by atoms with Gasteiger partial charge in [-0.2, -0.15) is 0 Å². The molecule has 2 aromatic rings. The number of benzene rings is 2. The number of fused-ring (bicyclic) bond motifs is 1. The van der Waals surface area contributed by atoms with Gasteiger partial charge in [0.15, 0.2) is 18.1 Å². The van der Waals surface area contributed by atoms with E-state index in [2.05, 4.69) is 0 Å². The Morgan fingerprint density at radius 1 is 1.00 bits per heavy atom. The molecule has 0 spiro atoms. The first-order valence-electron chi connectivity index (χ1n) is 10.9. The fourth-order valence-corrected chi connectivity index (χ4v) is 4.71. The van der Waals surface area contributed by atoms with Crippen molar-refractivity contribution in [2.75, 3.05) is 26.8 Å². The van der Waals surface area contributed by atoms with Gasteiger partial charge in [-0.25, -0.2) is 0 Å². The molecule has 6 nitrogen and oxygen atoms in total. The highest BCUT2D eigenvalue weighted by atomic mass is 16.5. The summed E-state index contributed by atoms with van der Waals surface area (Å²) in [6, 6.07) is 13.4. The number of methoxy groups -OCH3 is 1. The zero-order chi connectivity index (χ0) is 22.0. The van der Waals surface area contributed by atoms with Crippen molar-refractivity contribution in [2.45, 2.75) is 38.9 Å². The van der Waals surface area contributed by atoms with E-state index in [1.807, 2.05) is 61.2 Å². The molecule has 1 N–H and O–H groups in total. The number of carbonyl (C=O) groups excluding carboxylic acids is 1. The molecule has 166 valence electrons. The Morgan fingerprint density at radius 2 is 1.68 bits per heavy atom. The summed E-state index contributed by atoms with van der Waals surface area (Å²) in [4.78, 5) is 14.7. The minimum Gasteiger partial charge on any atom is -0.493 e. The summed E-state index contributed by atoms with van der Waals surface area (Å²) in [5.41, 5.74) is 2.21. The van der Waals surface area contributed by atoms with Crippen molar-refractivity contribution < 1.29 is 24.1 Å². The van der Waals surface area contributed by atoms with Crippen LogP contribution in [0.1, 0.15) is 24.0 Å². The second-order valence-corrected chi connectivity index (χ2v) is 8.65. The van der Waals surface area contributed by atoms with Crippen LogP contribution in [-0.2, 0) is 4.79 Å². The fraction of sp³-hybridized carbons (Fsp3) is 0.480. The quantitative estimate of drug-likeness (QED) is 0.769. The van der Waals surface area contributed by atoms with Crippen LogP contribution in [0.25, 0.3) is 0 Å². The number of aryl methyl sites for hydroxylation is 1. The molecule has 1 aliphatic carbocycles. The third kappa shape index (κ3) is 4.64. The zero-order valence-electron chi connectivity index (χ0n) is 18.4. The maximum Gasteiger partial charge on any atom is 0.260 e. The van der Waals surface area contributed by atoms with E-state index in [4.69, 9.17) is 14.2 Å². The van der Waals surface area contributed by atoms with Gasteiger partial charge in [-0.3, -0.25) is 4.79 Å². The van der Waals surface area contributed by atoms with Crippen LogP contribution >= 0.6 is 0 Å². The Kier molecular flexibility index (Phi) is 6.37. The van der Waals surface area contributed by atoms with Gasteiger partial charge < -0.3 is 24.2 Å². The molecule has 2 fully saturated rings. The number of ether oxygens (including phenoxy) is 3. The van der Waals surface area contributed by atoms with Crippen LogP contribution in [0.15, 0.2) is 42.5 Å². The highest BCUT2D eigenvalue weighted by Gasteiger charge is 2.44. The predicted molar refractivity (Wildman–Crippen MR) is 118 cm³/mol. The van der Waals surface area contributed by atoms with E-state index in [1.54, 1.807) is 7.11 Å². The summed E-state index contributed by atoms with van der Waals surface area (Å²) in [6.45, 7) is 5.41. The molecule has 2 aromatic carbocycles. The summed E-state index contributed by atoms with van der Waals surface area (Å²) < 4.78 is 17.3. The van der Waals surface area contributed by atoms with Gasteiger partial charge in [0.2, 0.25) is 0 Å². The number of likely N-dealkylation sites (tertiary alicyclic amines) is 1. The predicted octanol–water partition coefficient (Wildman–Crippen LogP) is 3.37. The highest BCUT2D eigenvalue weighted by Crippen LogP contribution is 2.39. The molecule has 1 saturated heterocycles. The Hall–Kier alpha value is -2.73. The smallest absolute Gasteiger partial charge is 0.260 e. The van der Waals surface area contributed by atoms with Crippen LogP contribution in [0.2, 0.25) is 0 Å². The number of para-hydroxylation sites is 2. The van der Waals surface area contributed by atoms with Gasteiger partial charge in [0.1, 0.15) is 11.9 Å². The van der Waals surface area contributed by atoms with Crippen LogP contribution in [0, 0.1) is 25.7 Å². The SMILES string of the molecule is COc1ccccc1O[C@@H]1C[C@@H]2CN(C(=O)COc3cccc(C)c3C)C[C@@H]2C[C@H]1O.